The number of carbonyl (C=O) groups excluding carboxylic acids is 1. The molecule has 0 aliphatic heterocycles. The van der Waals surface area contributed by atoms with Gasteiger partial charge in [0.2, 0.25) is 0 Å². The quantitative estimate of drug-likeness (QED) is 0.810. The van der Waals surface area contributed by atoms with E-state index in [1.165, 1.54) is 0 Å². The molecule has 1 N–H and O–H groups in total. The first kappa shape index (κ1) is 9.96. The van der Waals surface area contributed by atoms with Gasteiger partial charge < -0.3 is 10.1 Å². The zero-order chi connectivity index (χ0) is 10.8. The second-order valence-corrected chi connectivity index (χ2v) is 3.73. The van der Waals surface area contributed by atoms with E-state index in [4.69, 9.17) is 4.74 Å². The summed E-state index contributed by atoms with van der Waals surface area (Å²) in [5.74, 6) is 0.474. The molecule has 0 saturated heterocycles. The Morgan fingerprint density at radius 2 is 2.27 bits per heavy atom. The first-order chi connectivity index (χ1) is 7.22. The highest BCUT2D eigenvalue weighted by Crippen LogP contribution is 2.29. The van der Waals surface area contributed by atoms with Crippen LogP contribution >= 0.6 is 0 Å². The summed E-state index contributed by atoms with van der Waals surface area (Å²) in [6, 6.07) is 0. The highest BCUT2D eigenvalue weighted by atomic mass is 16.5. The maximum Gasteiger partial charge on any atom is 0.255 e. The summed E-state index contributed by atoms with van der Waals surface area (Å²) in [6.45, 7) is 1.86. The molecule has 0 spiro atoms. The van der Waals surface area contributed by atoms with Gasteiger partial charge in [-0.25, -0.2) is 0 Å². The summed E-state index contributed by atoms with van der Waals surface area (Å²) >= 11 is 0. The molecule has 15 heavy (non-hydrogen) atoms. The number of nitrogens with zero attached hydrogens (tertiary/aromatic N) is 1. The van der Waals surface area contributed by atoms with Crippen LogP contribution in [0.25, 0.3) is 0 Å². The number of aryl methyl sites for hydroxylation is 1. The van der Waals surface area contributed by atoms with Crippen molar-refractivity contribution >= 4 is 5.91 Å². The summed E-state index contributed by atoms with van der Waals surface area (Å²) in [4.78, 5) is 15.7. The van der Waals surface area contributed by atoms with E-state index >= 15 is 0 Å². The van der Waals surface area contributed by atoms with Gasteiger partial charge in [0.05, 0.1) is 17.9 Å². The van der Waals surface area contributed by atoms with Crippen molar-refractivity contribution < 1.29 is 9.53 Å². The molecular formula is C11H14N2O2. The highest BCUT2D eigenvalue weighted by molar-refractivity contribution is 5.97. The lowest BCUT2D eigenvalue weighted by molar-refractivity contribution is 0.0958. The molecule has 1 aromatic heterocycles. The van der Waals surface area contributed by atoms with Gasteiger partial charge in [0.15, 0.2) is 5.75 Å². The lowest BCUT2D eigenvalue weighted by Gasteiger charge is -2.11. The molecule has 1 fully saturated rings. The third kappa shape index (κ3) is 2.09. The number of hydrogen-bond acceptors (Lipinski definition) is 3. The molecule has 2 rings (SSSR count). The molecule has 0 unspecified atom stereocenters. The van der Waals surface area contributed by atoms with Crippen molar-refractivity contribution in [2.24, 2.45) is 0 Å². The van der Waals surface area contributed by atoms with Gasteiger partial charge in [-0.1, -0.05) is 0 Å². The molecule has 0 aromatic carbocycles. The third-order valence-corrected chi connectivity index (χ3v) is 2.37. The van der Waals surface area contributed by atoms with E-state index in [0.717, 1.165) is 18.4 Å². The van der Waals surface area contributed by atoms with Crippen molar-refractivity contribution in [1.29, 1.82) is 0 Å². The number of pyridine rings is 1. The Balaban J connectivity index is 2.33. The average molecular weight is 206 g/mol. The molecule has 0 atom stereocenters. The van der Waals surface area contributed by atoms with Crippen LogP contribution in [0.3, 0.4) is 0 Å². The Kier molecular flexibility index (Phi) is 2.58. The SMILES string of the molecule is CNC(=O)c1c(C)cncc1OC1CC1. The summed E-state index contributed by atoms with van der Waals surface area (Å²) in [7, 11) is 1.61. The summed E-state index contributed by atoms with van der Waals surface area (Å²) in [6.07, 6.45) is 5.69. The van der Waals surface area contributed by atoms with Gasteiger partial charge in [0.1, 0.15) is 0 Å². The molecule has 1 saturated carbocycles. The van der Waals surface area contributed by atoms with Crippen molar-refractivity contribution in [1.82, 2.24) is 10.3 Å². The van der Waals surface area contributed by atoms with E-state index in [-0.39, 0.29) is 12.0 Å². The Labute approximate surface area is 88.7 Å². The van der Waals surface area contributed by atoms with E-state index in [1.54, 1.807) is 19.4 Å². The van der Waals surface area contributed by atoms with Gasteiger partial charge in [-0.2, -0.15) is 0 Å². The molecule has 0 bridgehead atoms. The van der Waals surface area contributed by atoms with Gasteiger partial charge >= 0.3 is 0 Å². The lowest BCUT2D eigenvalue weighted by atomic mass is 10.1. The number of amides is 1. The smallest absolute Gasteiger partial charge is 0.255 e. The van der Waals surface area contributed by atoms with Gasteiger partial charge in [0, 0.05) is 13.2 Å². The molecule has 0 radical (unpaired) electrons. The second-order valence-electron chi connectivity index (χ2n) is 3.73. The van der Waals surface area contributed by atoms with Gasteiger partial charge in [-0.3, -0.25) is 9.78 Å². The topological polar surface area (TPSA) is 51.2 Å². The largest absolute Gasteiger partial charge is 0.488 e. The first-order valence-corrected chi connectivity index (χ1v) is 5.05. The predicted octanol–water partition coefficient (Wildman–Crippen LogP) is 1.29. The van der Waals surface area contributed by atoms with Crippen LogP contribution in [0, 0.1) is 6.92 Å². The fourth-order valence-corrected chi connectivity index (χ4v) is 1.41. The minimum Gasteiger partial charge on any atom is -0.488 e. The van der Waals surface area contributed by atoms with Crippen LogP contribution in [-0.4, -0.2) is 24.0 Å². The van der Waals surface area contributed by atoms with Crippen LogP contribution in [0.15, 0.2) is 12.4 Å². The number of aromatic nitrogens is 1. The predicted molar refractivity (Wildman–Crippen MR) is 56.0 cm³/mol. The van der Waals surface area contributed by atoms with Crippen LogP contribution in [0.2, 0.25) is 0 Å². The van der Waals surface area contributed by atoms with Crippen molar-refractivity contribution in [3.8, 4) is 5.75 Å². The van der Waals surface area contributed by atoms with E-state index in [1.807, 2.05) is 6.92 Å². The summed E-state index contributed by atoms with van der Waals surface area (Å²) in [5, 5.41) is 2.61. The first-order valence-electron chi connectivity index (χ1n) is 5.05. The Morgan fingerprint density at radius 3 is 2.87 bits per heavy atom. The third-order valence-electron chi connectivity index (χ3n) is 2.37. The average Bonchev–Trinajstić information content (AvgIpc) is 3.01. The minimum absolute atomic E-state index is 0.120. The van der Waals surface area contributed by atoms with E-state index in [2.05, 4.69) is 10.3 Å². The molecule has 1 aliphatic rings. The van der Waals surface area contributed by atoms with Crippen molar-refractivity contribution in [2.75, 3.05) is 7.05 Å². The Bertz CT molecular complexity index is 386. The summed E-state index contributed by atoms with van der Waals surface area (Å²) < 4.78 is 5.64. The van der Waals surface area contributed by atoms with Crippen LogP contribution in [0.4, 0.5) is 0 Å². The zero-order valence-corrected chi connectivity index (χ0v) is 8.91. The number of carbonyl (C=O) groups is 1. The van der Waals surface area contributed by atoms with Gasteiger partial charge in [-0.15, -0.1) is 0 Å². The van der Waals surface area contributed by atoms with Crippen LogP contribution in [-0.2, 0) is 0 Å². The van der Waals surface area contributed by atoms with Crippen LogP contribution in [0.5, 0.6) is 5.75 Å². The number of hydrogen-bond donors (Lipinski definition) is 1. The fraction of sp³-hybridized carbons (Fsp3) is 0.455. The van der Waals surface area contributed by atoms with E-state index in [0.29, 0.717) is 11.3 Å². The minimum atomic E-state index is -0.120. The maximum absolute atomic E-state index is 11.6. The molecule has 1 aromatic rings. The Hall–Kier alpha value is -1.58. The summed E-state index contributed by atoms with van der Waals surface area (Å²) in [5.41, 5.74) is 1.44. The lowest BCUT2D eigenvalue weighted by Crippen LogP contribution is -2.20. The second kappa shape index (κ2) is 3.88. The van der Waals surface area contributed by atoms with Crippen molar-refractivity contribution in [3.05, 3.63) is 23.5 Å². The van der Waals surface area contributed by atoms with Crippen molar-refractivity contribution in [2.45, 2.75) is 25.9 Å². The maximum atomic E-state index is 11.6. The van der Waals surface area contributed by atoms with E-state index < -0.39 is 0 Å². The van der Waals surface area contributed by atoms with Crippen molar-refractivity contribution in [3.63, 3.8) is 0 Å². The van der Waals surface area contributed by atoms with E-state index in [9.17, 15) is 4.79 Å². The monoisotopic (exact) mass is 206 g/mol. The standard InChI is InChI=1S/C11H14N2O2/c1-7-5-13-6-9(15-8-3-4-8)10(7)11(14)12-2/h5-6,8H,3-4H2,1-2H3,(H,12,14). The molecule has 1 heterocycles. The highest BCUT2D eigenvalue weighted by Gasteiger charge is 2.26. The molecule has 4 heteroatoms. The molecular weight excluding hydrogens is 192 g/mol. The van der Waals surface area contributed by atoms with Gasteiger partial charge in [-0.05, 0) is 25.3 Å². The zero-order valence-electron chi connectivity index (χ0n) is 8.91. The number of ether oxygens (including phenoxy) is 1. The van der Waals surface area contributed by atoms with Crippen LogP contribution < -0.4 is 10.1 Å². The fourth-order valence-electron chi connectivity index (χ4n) is 1.41. The molecule has 4 nitrogen and oxygen atoms in total. The molecule has 1 aliphatic carbocycles. The van der Waals surface area contributed by atoms with Gasteiger partial charge in [0.25, 0.3) is 5.91 Å². The number of nitrogens with one attached hydrogen (secondary N) is 1. The Morgan fingerprint density at radius 1 is 1.53 bits per heavy atom. The number of rotatable bonds is 3. The van der Waals surface area contributed by atoms with Crippen LogP contribution in [0.1, 0.15) is 28.8 Å². The normalized spacial score (nSPS) is 14.8. The molecule has 80 valence electrons. The molecule has 1 amide bonds.